The van der Waals surface area contributed by atoms with Gasteiger partial charge in [0.2, 0.25) is 10.0 Å². The average molecular weight is 536 g/mol. The molecule has 2 aliphatic rings. The van der Waals surface area contributed by atoms with Crippen LogP contribution < -0.4 is 4.74 Å². The van der Waals surface area contributed by atoms with E-state index >= 15 is 0 Å². The standard InChI is InChI=1S/C29H33N3O5S/c1-36-27-13-12-25(38(34,35)32-18-20-37-21-19-32)22-26(27)29(33)31-16-14-30(15-17-31)28(23-8-4-2-5-9-23)24-10-6-3-7-11-24/h2-13,22,28H,14-21H2,1H3. The van der Waals surface area contributed by atoms with Crippen LogP contribution in [-0.4, -0.2) is 88.0 Å². The third-order valence-corrected chi connectivity index (χ3v) is 9.10. The second-order valence-corrected chi connectivity index (χ2v) is 11.4. The minimum atomic E-state index is -3.74. The van der Waals surface area contributed by atoms with Crippen molar-refractivity contribution in [3.63, 3.8) is 0 Å². The van der Waals surface area contributed by atoms with Gasteiger partial charge >= 0.3 is 0 Å². The number of benzene rings is 3. The highest BCUT2D eigenvalue weighted by Crippen LogP contribution is 2.31. The second kappa shape index (κ2) is 11.7. The zero-order valence-electron chi connectivity index (χ0n) is 21.5. The maximum absolute atomic E-state index is 13.7. The van der Waals surface area contributed by atoms with Crippen LogP contribution >= 0.6 is 0 Å². The highest BCUT2D eigenvalue weighted by Gasteiger charge is 2.32. The van der Waals surface area contributed by atoms with Crippen LogP contribution in [0.4, 0.5) is 0 Å². The molecule has 200 valence electrons. The van der Waals surface area contributed by atoms with Crippen molar-refractivity contribution in [2.45, 2.75) is 10.9 Å². The van der Waals surface area contributed by atoms with Gasteiger partial charge in [-0.3, -0.25) is 9.69 Å². The van der Waals surface area contributed by atoms with E-state index in [9.17, 15) is 13.2 Å². The largest absolute Gasteiger partial charge is 0.496 e. The van der Waals surface area contributed by atoms with E-state index in [0.29, 0.717) is 58.2 Å². The Morgan fingerprint density at radius 1 is 0.816 bits per heavy atom. The predicted octanol–water partition coefficient (Wildman–Crippen LogP) is 3.26. The molecule has 0 radical (unpaired) electrons. The van der Waals surface area contributed by atoms with Gasteiger partial charge in [-0.15, -0.1) is 0 Å². The molecule has 1 amide bonds. The van der Waals surface area contributed by atoms with Gasteiger partial charge in [0.05, 0.1) is 36.8 Å². The Balaban J connectivity index is 1.35. The van der Waals surface area contributed by atoms with Gasteiger partial charge in [0.15, 0.2) is 0 Å². The molecule has 2 heterocycles. The molecule has 5 rings (SSSR count). The Bertz CT molecular complexity index is 1300. The van der Waals surface area contributed by atoms with Crippen molar-refractivity contribution in [1.82, 2.24) is 14.1 Å². The van der Waals surface area contributed by atoms with Gasteiger partial charge in [-0.1, -0.05) is 60.7 Å². The summed E-state index contributed by atoms with van der Waals surface area (Å²) in [6.07, 6.45) is 0. The smallest absolute Gasteiger partial charge is 0.257 e. The number of methoxy groups -OCH3 is 1. The van der Waals surface area contributed by atoms with Crippen LogP contribution in [0.2, 0.25) is 0 Å². The summed E-state index contributed by atoms with van der Waals surface area (Å²) in [5.41, 5.74) is 2.68. The molecular weight excluding hydrogens is 502 g/mol. The summed E-state index contributed by atoms with van der Waals surface area (Å²) in [6.45, 7) is 3.74. The molecule has 0 bridgehead atoms. The van der Waals surface area contributed by atoms with Gasteiger partial charge in [0.25, 0.3) is 5.91 Å². The minimum absolute atomic E-state index is 0.0891. The number of rotatable bonds is 7. The summed E-state index contributed by atoms with van der Waals surface area (Å²) in [5, 5.41) is 0. The van der Waals surface area contributed by atoms with Crippen molar-refractivity contribution < 1.29 is 22.7 Å². The Kier molecular flexibility index (Phi) is 8.09. The number of piperazine rings is 1. The van der Waals surface area contributed by atoms with Gasteiger partial charge in [0, 0.05) is 39.3 Å². The first-order valence-corrected chi connectivity index (χ1v) is 14.3. The SMILES string of the molecule is COc1ccc(S(=O)(=O)N2CCOCC2)cc1C(=O)N1CCN(C(c2ccccc2)c2ccccc2)CC1. The maximum Gasteiger partial charge on any atom is 0.257 e. The molecule has 2 aliphatic heterocycles. The third kappa shape index (κ3) is 5.47. The van der Waals surface area contributed by atoms with Gasteiger partial charge < -0.3 is 14.4 Å². The number of amides is 1. The molecule has 0 N–H and O–H groups in total. The molecular formula is C29H33N3O5S. The summed E-state index contributed by atoms with van der Waals surface area (Å²) in [4.78, 5) is 17.9. The number of carbonyl (C=O) groups is 1. The zero-order valence-corrected chi connectivity index (χ0v) is 22.3. The molecule has 9 heteroatoms. The van der Waals surface area contributed by atoms with Crippen LogP contribution in [0.5, 0.6) is 5.75 Å². The van der Waals surface area contributed by atoms with Crippen molar-refractivity contribution in [3.05, 3.63) is 95.6 Å². The normalized spacial score (nSPS) is 17.5. The first-order valence-electron chi connectivity index (χ1n) is 12.9. The topological polar surface area (TPSA) is 79.4 Å². The van der Waals surface area contributed by atoms with Crippen molar-refractivity contribution in [2.75, 3.05) is 59.6 Å². The molecule has 3 aromatic carbocycles. The Hall–Kier alpha value is -3.24. The van der Waals surface area contributed by atoms with Crippen LogP contribution in [0, 0.1) is 0 Å². The van der Waals surface area contributed by atoms with E-state index in [2.05, 4.69) is 53.4 Å². The lowest BCUT2D eigenvalue weighted by Gasteiger charge is -2.40. The minimum Gasteiger partial charge on any atom is -0.496 e. The van der Waals surface area contributed by atoms with Crippen molar-refractivity contribution >= 4 is 15.9 Å². The average Bonchev–Trinajstić information content (AvgIpc) is 2.98. The molecule has 8 nitrogen and oxygen atoms in total. The monoisotopic (exact) mass is 535 g/mol. The quantitative estimate of drug-likeness (QED) is 0.462. The van der Waals surface area contributed by atoms with E-state index in [1.165, 1.54) is 34.7 Å². The van der Waals surface area contributed by atoms with Crippen LogP contribution in [0.25, 0.3) is 0 Å². The second-order valence-electron chi connectivity index (χ2n) is 9.43. The fourth-order valence-electron chi connectivity index (χ4n) is 5.19. The molecule has 0 unspecified atom stereocenters. The summed E-state index contributed by atoms with van der Waals surface area (Å²) in [5.74, 6) is 0.140. The van der Waals surface area contributed by atoms with Crippen LogP contribution in [-0.2, 0) is 14.8 Å². The van der Waals surface area contributed by atoms with Gasteiger partial charge in [-0.2, -0.15) is 4.31 Å². The molecule has 3 aromatic rings. The molecule has 38 heavy (non-hydrogen) atoms. The van der Waals surface area contributed by atoms with E-state index in [1.54, 1.807) is 11.0 Å². The Morgan fingerprint density at radius 2 is 1.39 bits per heavy atom. The summed E-state index contributed by atoms with van der Waals surface area (Å²) in [6, 6.07) is 25.4. The van der Waals surface area contributed by atoms with Crippen LogP contribution in [0.3, 0.4) is 0 Å². The van der Waals surface area contributed by atoms with Gasteiger partial charge in [-0.25, -0.2) is 8.42 Å². The fraction of sp³-hybridized carbons (Fsp3) is 0.345. The Morgan fingerprint density at radius 3 is 1.95 bits per heavy atom. The molecule has 0 atom stereocenters. The van der Waals surface area contributed by atoms with E-state index in [1.807, 2.05) is 12.1 Å². The summed E-state index contributed by atoms with van der Waals surface area (Å²) < 4.78 is 38.6. The van der Waals surface area contributed by atoms with E-state index in [0.717, 1.165) is 0 Å². The van der Waals surface area contributed by atoms with Gasteiger partial charge in [0.1, 0.15) is 5.75 Å². The lowest BCUT2D eigenvalue weighted by atomic mass is 9.96. The molecule has 2 fully saturated rings. The number of ether oxygens (including phenoxy) is 2. The van der Waals surface area contributed by atoms with E-state index in [-0.39, 0.29) is 22.4 Å². The number of morpholine rings is 1. The third-order valence-electron chi connectivity index (χ3n) is 7.21. The first kappa shape index (κ1) is 26.4. The molecule has 0 saturated carbocycles. The predicted molar refractivity (Wildman–Crippen MR) is 145 cm³/mol. The first-order chi connectivity index (χ1) is 18.5. The molecule has 0 aromatic heterocycles. The van der Waals surface area contributed by atoms with Crippen molar-refractivity contribution in [3.8, 4) is 5.75 Å². The summed E-state index contributed by atoms with van der Waals surface area (Å²) >= 11 is 0. The summed E-state index contributed by atoms with van der Waals surface area (Å²) in [7, 11) is -2.25. The lowest BCUT2D eigenvalue weighted by molar-refractivity contribution is 0.0594. The molecule has 2 saturated heterocycles. The lowest BCUT2D eigenvalue weighted by Crippen LogP contribution is -2.50. The highest BCUT2D eigenvalue weighted by atomic mass is 32.2. The maximum atomic E-state index is 13.7. The van der Waals surface area contributed by atoms with E-state index in [4.69, 9.17) is 9.47 Å². The van der Waals surface area contributed by atoms with Crippen LogP contribution in [0.1, 0.15) is 27.5 Å². The van der Waals surface area contributed by atoms with Crippen molar-refractivity contribution in [2.24, 2.45) is 0 Å². The fourth-order valence-corrected chi connectivity index (χ4v) is 6.62. The number of hydrogen-bond donors (Lipinski definition) is 0. The van der Waals surface area contributed by atoms with Crippen LogP contribution in [0.15, 0.2) is 83.8 Å². The van der Waals surface area contributed by atoms with Crippen molar-refractivity contribution in [1.29, 1.82) is 0 Å². The molecule has 0 spiro atoms. The highest BCUT2D eigenvalue weighted by molar-refractivity contribution is 7.89. The zero-order chi connectivity index (χ0) is 26.5. The number of nitrogens with zero attached hydrogens (tertiary/aromatic N) is 3. The van der Waals surface area contributed by atoms with Gasteiger partial charge in [-0.05, 0) is 29.3 Å². The number of carbonyl (C=O) groups excluding carboxylic acids is 1. The number of sulfonamides is 1. The Labute approximate surface area is 224 Å². The number of hydrogen-bond acceptors (Lipinski definition) is 6. The molecule has 0 aliphatic carbocycles. The van der Waals surface area contributed by atoms with E-state index < -0.39 is 10.0 Å².